The van der Waals surface area contributed by atoms with E-state index in [4.69, 9.17) is 4.74 Å². The fourth-order valence-electron chi connectivity index (χ4n) is 2.04. The molecule has 2 rings (SSSR count). The maximum absolute atomic E-state index is 11.5. The summed E-state index contributed by atoms with van der Waals surface area (Å²) in [6.07, 6.45) is 3.33. The quantitative estimate of drug-likeness (QED) is 0.599. The van der Waals surface area contributed by atoms with Crippen LogP contribution in [0.5, 0.6) is 0 Å². The molecule has 2 fully saturated rings. The molecule has 1 aliphatic carbocycles. The molecule has 1 heterocycles. The first-order valence-corrected chi connectivity index (χ1v) is 5.22. The Balaban J connectivity index is 1.86. The Morgan fingerprint density at radius 3 is 2.47 bits per heavy atom. The molecule has 0 radical (unpaired) electrons. The Morgan fingerprint density at radius 2 is 2.00 bits per heavy atom. The first-order chi connectivity index (χ1) is 7.02. The molecule has 0 bridgehead atoms. The van der Waals surface area contributed by atoms with Crippen LogP contribution in [-0.2, 0) is 9.53 Å². The summed E-state index contributed by atoms with van der Waals surface area (Å²) in [5.74, 6) is -1.21. The normalized spacial score (nSPS) is 27.5. The van der Waals surface area contributed by atoms with Crippen LogP contribution in [0, 0.1) is 0 Å². The zero-order chi connectivity index (χ0) is 11.1. The highest BCUT2D eigenvalue weighted by molar-refractivity contribution is 5.84. The van der Waals surface area contributed by atoms with E-state index in [1.165, 1.54) is 4.90 Å². The maximum Gasteiger partial charge on any atom is 0.411 e. The number of rotatable bonds is 2. The van der Waals surface area contributed by atoms with Gasteiger partial charge in [-0.3, -0.25) is 4.90 Å². The molecule has 0 N–H and O–H groups in total. The monoisotopic (exact) mass is 212 g/mol. The SMILES string of the molecule is CC1(OC(=O)N2CC2C(=O)[O-])CCCC1. The molecule has 0 aromatic rings. The van der Waals surface area contributed by atoms with Gasteiger partial charge in [0.1, 0.15) is 5.60 Å². The van der Waals surface area contributed by atoms with Crippen molar-refractivity contribution in [3.8, 4) is 0 Å². The smallest absolute Gasteiger partial charge is 0.411 e. The van der Waals surface area contributed by atoms with Crippen molar-refractivity contribution in [2.24, 2.45) is 0 Å². The van der Waals surface area contributed by atoms with Crippen LogP contribution in [0.3, 0.4) is 0 Å². The summed E-state index contributed by atoms with van der Waals surface area (Å²) in [5, 5.41) is 10.4. The Morgan fingerprint density at radius 1 is 1.40 bits per heavy atom. The van der Waals surface area contributed by atoms with Crippen LogP contribution in [-0.4, -0.2) is 35.2 Å². The van der Waals surface area contributed by atoms with Gasteiger partial charge in [-0.15, -0.1) is 0 Å². The molecule has 1 amide bonds. The lowest BCUT2D eigenvalue weighted by atomic mass is 10.1. The molecule has 1 atom stereocenters. The second-order valence-electron chi connectivity index (χ2n) is 4.51. The van der Waals surface area contributed by atoms with Crippen LogP contribution in [0.4, 0.5) is 4.79 Å². The number of carboxylic acids is 1. The highest BCUT2D eigenvalue weighted by Gasteiger charge is 2.44. The fourth-order valence-corrected chi connectivity index (χ4v) is 2.04. The van der Waals surface area contributed by atoms with Crippen molar-refractivity contribution in [1.82, 2.24) is 4.90 Å². The van der Waals surface area contributed by atoms with Gasteiger partial charge in [-0.25, -0.2) is 4.79 Å². The zero-order valence-corrected chi connectivity index (χ0v) is 8.69. The Kier molecular flexibility index (Phi) is 2.32. The molecular weight excluding hydrogens is 198 g/mol. The molecule has 0 spiro atoms. The molecule has 5 nitrogen and oxygen atoms in total. The van der Waals surface area contributed by atoms with Gasteiger partial charge >= 0.3 is 6.09 Å². The number of carbonyl (C=O) groups is 2. The minimum Gasteiger partial charge on any atom is -0.548 e. The van der Waals surface area contributed by atoms with Crippen molar-refractivity contribution >= 4 is 12.1 Å². The van der Waals surface area contributed by atoms with Crippen molar-refractivity contribution in [3.05, 3.63) is 0 Å². The van der Waals surface area contributed by atoms with Gasteiger partial charge in [-0.1, -0.05) is 0 Å². The topological polar surface area (TPSA) is 69.4 Å². The second kappa shape index (κ2) is 3.40. The average molecular weight is 212 g/mol. The number of hydrogen-bond donors (Lipinski definition) is 0. The Hall–Kier alpha value is -1.26. The lowest BCUT2D eigenvalue weighted by Gasteiger charge is -2.24. The van der Waals surface area contributed by atoms with E-state index in [1.807, 2.05) is 6.92 Å². The van der Waals surface area contributed by atoms with Crippen LogP contribution >= 0.6 is 0 Å². The standard InChI is InChI=1S/C10H15NO4/c1-10(4-2-3-5-10)15-9(14)11-6-7(11)8(12)13/h7H,2-6H2,1H3,(H,12,13)/p-1. The summed E-state index contributed by atoms with van der Waals surface area (Å²) in [7, 11) is 0. The third-order valence-electron chi connectivity index (χ3n) is 3.11. The summed E-state index contributed by atoms with van der Waals surface area (Å²) in [4.78, 5) is 23.1. The number of carbonyl (C=O) groups excluding carboxylic acids is 2. The van der Waals surface area contributed by atoms with Gasteiger partial charge in [-0.05, 0) is 32.6 Å². The predicted octanol–water partition coefficient (Wildman–Crippen LogP) is -0.110. The van der Waals surface area contributed by atoms with Crippen molar-refractivity contribution in [2.75, 3.05) is 6.54 Å². The zero-order valence-electron chi connectivity index (χ0n) is 8.69. The average Bonchev–Trinajstić information content (AvgIpc) is 2.85. The maximum atomic E-state index is 11.5. The molecule has 2 aliphatic rings. The first-order valence-electron chi connectivity index (χ1n) is 5.22. The number of amides is 1. The van der Waals surface area contributed by atoms with E-state index >= 15 is 0 Å². The number of ether oxygens (including phenoxy) is 1. The van der Waals surface area contributed by atoms with E-state index in [2.05, 4.69) is 0 Å². The summed E-state index contributed by atoms with van der Waals surface area (Å²) in [5.41, 5.74) is -0.393. The third kappa shape index (κ3) is 2.06. The molecule has 84 valence electrons. The molecule has 1 saturated heterocycles. The van der Waals surface area contributed by atoms with Crippen LogP contribution in [0.2, 0.25) is 0 Å². The fraction of sp³-hybridized carbons (Fsp3) is 0.800. The highest BCUT2D eigenvalue weighted by atomic mass is 16.6. The van der Waals surface area contributed by atoms with Crippen LogP contribution in [0.25, 0.3) is 0 Å². The predicted molar refractivity (Wildman–Crippen MR) is 48.9 cm³/mol. The molecule has 5 heteroatoms. The van der Waals surface area contributed by atoms with Gasteiger partial charge in [-0.2, -0.15) is 0 Å². The second-order valence-corrected chi connectivity index (χ2v) is 4.51. The minimum atomic E-state index is -1.21. The van der Waals surface area contributed by atoms with Gasteiger partial charge in [0.2, 0.25) is 0 Å². The van der Waals surface area contributed by atoms with Crippen molar-refractivity contribution in [1.29, 1.82) is 0 Å². The number of carboxylic acid groups (broad SMARTS) is 1. The van der Waals surface area contributed by atoms with Gasteiger partial charge in [0.25, 0.3) is 0 Å². The van der Waals surface area contributed by atoms with E-state index < -0.39 is 23.7 Å². The number of hydrogen-bond acceptors (Lipinski definition) is 4. The lowest BCUT2D eigenvalue weighted by Crippen LogP contribution is -2.35. The van der Waals surface area contributed by atoms with Crippen molar-refractivity contribution in [3.63, 3.8) is 0 Å². The molecule has 15 heavy (non-hydrogen) atoms. The number of aliphatic carboxylic acids is 1. The van der Waals surface area contributed by atoms with E-state index in [1.54, 1.807) is 0 Å². The summed E-state index contributed by atoms with van der Waals surface area (Å²) >= 11 is 0. The molecule has 0 aromatic carbocycles. The summed E-state index contributed by atoms with van der Waals surface area (Å²) in [6, 6.07) is -0.775. The van der Waals surface area contributed by atoms with Gasteiger partial charge in [0.15, 0.2) is 0 Å². The highest BCUT2D eigenvalue weighted by Crippen LogP contribution is 2.34. The minimum absolute atomic E-state index is 0.219. The summed E-state index contributed by atoms with van der Waals surface area (Å²) in [6.45, 7) is 2.12. The van der Waals surface area contributed by atoms with Gasteiger partial charge in [0, 0.05) is 0 Å². The molecule has 0 aromatic heterocycles. The van der Waals surface area contributed by atoms with Gasteiger partial charge < -0.3 is 14.6 Å². The molecule has 1 unspecified atom stereocenters. The van der Waals surface area contributed by atoms with E-state index in [0.717, 1.165) is 25.7 Å². The van der Waals surface area contributed by atoms with E-state index in [0.29, 0.717) is 0 Å². The largest absolute Gasteiger partial charge is 0.548 e. The number of nitrogens with zero attached hydrogens (tertiary/aromatic N) is 1. The Bertz CT molecular complexity index is 296. The first kappa shape index (κ1) is 10.3. The third-order valence-corrected chi connectivity index (χ3v) is 3.11. The lowest BCUT2D eigenvalue weighted by molar-refractivity contribution is -0.305. The Labute approximate surface area is 88.0 Å². The molecule has 1 aliphatic heterocycles. The molecular formula is C10H14NO4-. The van der Waals surface area contributed by atoms with Crippen molar-refractivity contribution in [2.45, 2.75) is 44.2 Å². The van der Waals surface area contributed by atoms with Crippen LogP contribution in [0.15, 0.2) is 0 Å². The molecule has 1 saturated carbocycles. The van der Waals surface area contributed by atoms with Crippen LogP contribution in [0.1, 0.15) is 32.6 Å². The van der Waals surface area contributed by atoms with Crippen LogP contribution < -0.4 is 5.11 Å². The van der Waals surface area contributed by atoms with Crippen molar-refractivity contribution < 1.29 is 19.4 Å². The van der Waals surface area contributed by atoms with E-state index in [9.17, 15) is 14.7 Å². The summed E-state index contributed by atoms with van der Waals surface area (Å²) < 4.78 is 5.30. The van der Waals surface area contributed by atoms with Gasteiger partial charge in [0.05, 0.1) is 18.6 Å². The van der Waals surface area contributed by atoms with E-state index in [-0.39, 0.29) is 6.54 Å².